The maximum atomic E-state index is 13.3. The van der Waals surface area contributed by atoms with Crippen molar-refractivity contribution in [3.8, 4) is 0 Å². The van der Waals surface area contributed by atoms with Crippen LogP contribution >= 0.6 is 0 Å². The molecule has 0 bridgehead atoms. The molecule has 0 aliphatic carbocycles. The molecule has 2 aromatic heterocycles. The molecule has 212 valence electrons. The molecular formula is C31H30F3N5O2. The number of piperidine rings is 1. The number of aliphatic hydroxyl groups excluding tert-OH is 1. The predicted octanol–water partition coefficient (Wildman–Crippen LogP) is 5.74. The second kappa shape index (κ2) is 10.7. The van der Waals surface area contributed by atoms with E-state index in [9.17, 15) is 23.1 Å². The summed E-state index contributed by atoms with van der Waals surface area (Å²) in [5.74, 6) is -0.0812. The number of benzene rings is 2. The minimum absolute atomic E-state index is 0.0103. The summed E-state index contributed by atoms with van der Waals surface area (Å²) < 4.78 is 41.7. The van der Waals surface area contributed by atoms with Gasteiger partial charge in [-0.05, 0) is 36.1 Å². The summed E-state index contributed by atoms with van der Waals surface area (Å²) in [6.45, 7) is 2.84. The molecule has 2 aromatic carbocycles. The van der Waals surface area contributed by atoms with Gasteiger partial charge in [0, 0.05) is 36.7 Å². The first kappa shape index (κ1) is 27.0. The number of hydrogen-bond acceptors (Lipinski definition) is 5. The van der Waals surface area contributed by atoms with E-state index in [1.165, 1.54) is 6.20 Å². The SMILES string of the molecule is C[C@H]1c2c(C3CCN(c4cc(C(F)(F)F)ccn4)CC3)nn(C(c3ccccc3)c3ccccc3)c2NC(=O)[C@H]1O. The second-order valence-electron chi connectivity index (χ2n) is 10.7. The summed E-state index contributed by atoms with van der Waals surface area (Å²) in [5, 5.41) is 18.8. The Balaban J connectivity index is 1.38. The zero-order valence-corrected chi connectivity index (χ0v) is 22.4. The van der Waals surface area contributed by atoms with Crippen molar-refractivity contribution in [1.82, 2.24) is 14.8 Å². The Morgan fingerprint density at radius 3 is 2.17 bits per heavy atom. The van der Waals surface area contributed by atoms with Gasteiger partial charge in [-0.15, -0.1) is 0 Å². The van der Waals surface area contributed by atoms with E-state index in [0.717, 1.165) is 34.5 Å². The molecule has 1 fully saturated rings. The van der Waals surface area contributed by atoms with Gasteiger partial charge in [-0.25, -0.2) is 9.67 Å². The van der Waals surface area contributed by atoms with Gasteiger partial charge in [-0.2, -0.15) is 18.3 Å². The van der Waals surface area contributed by atoms with Crippen LogP contribution in [0.5, 0.6) is 0 Å². The normalized spacial score (nSPS) is 19.8. The van der Waals surface area contributed by atoms with Crippen LogP contribution in [-0.4, -0.2) is 45.0 Å². The molecule has 0 saturated carbocycles. The summed E-state index contributed by atoms with van der Waals surface area (Å²) >= 11 is 0. The van der Waals surface area contributed by atoms with E-state index in [0.29, 0.717) is 37.6 Å². The van der Waals surface area contributed by atoms with Gasteiger partial charge < -0.3 is 15.3 Å². The van der Waals surface area contributed by atoms with E-state index in [-0.39, 0.29) is 12.0 Å². The average Bonchev–Trinajstić information content (AvgIpc) is 3.35. The van der Waals surface area contributed by atoms with Crippen molar-refractivity contribution < 1.29 is 23.1 Å². The van der Waals surface area contributed by atoms with Gasteiger partial charge in [0.25, 0.3) is 5.91 Å². The first-order valence-electron chi connectivity index (χ1n) is 13.7. The molecule has 7 nitrogen and oxygen atoms in total. The molecule has 2 atom stereocenters. The zero-order valence-electron chi connectivity index (χ0n) is 22.4. The van der Waals surface area contributed by atoms with Crippen molar-refractivity contribution in [2.75, 3.05) is 23.3 Å². The molecule has 41 heavy (non-hydrogen) atoms. The van der Waals surface area contributed by atoms with Crippen molar-refractivity contribution in [1.29, 1.82) is 0 Å². The number of rotatable bonds is 5. The smallest absolute Gasteiger partial charge is 0.383 e. The fraction of sp³-hybridized carbons (Fsp3) is 0.323. The van der Waals surface area contributed by atoms with Crippen LogP contribution in [0, 0.1) is 0 Å². The molecule has 0 radical (unpaired) electrons. The summed E-state index contributed by atoms with van der Waals surface area (Å²) in [6, 6.07) is 21.6. The first-order chi connectivity index (χ1) is 19.7. The van der Waals surface area contributed by atoms with Crippen LogP contribution in [0.3, 0.4) is 0 Å². The van der Waals surface area contributed by atoms with Crippen LogP contribution < -0.4 is 10.2 Å². The van der Waals surface area contributed by atoms with Crippen molar-refractivity contribution in [2.45, 2.75) is 49.9 Å². The highest BCUT2D eigenvalue weighted by Crippen LogP contribution is 2.44. The highest BCUT2D eigenvalue weighted by Gasteiger charge is 2.41. The van der Waals surface area contributed by atoms with Crippen LogP contribution in [0.15, 0.2) is 79.0 Å². The Bertz CT molecular complexity index is 1490. The Hall–Kier alpha value is -4.18. The highest BCUT2D eigenvalue weighted by atomic mass is 19.4. The number of fused-ring (bicyclic) bond motifs is 1. The number of nitrogens with one attached hydrogen (secondary N) is 1. The Morgan fingerprint density at radius 1 is 0.976 bits per heavy atom. The Labute approximate surface area is 235 Å². The number of aliphatic hydroxyl groups is 1. The van der Waals surface area contributed by atoms with Crippen molar-refractivity contribution >= 4 is 17.5 Å². The molecule has 2 N–H and O–H groups in total. The quantitative estimate of drug-likeness (QED) is 0.325. The minimum atomic E-state index is -4.43. The van der Waals surface area contributed by atoms with Gasteiger partial charge in [-0.3, -0.25) is 4.79 Å². The minimum Gasteiger partial charge on any atom is -0.383 e. The van der Waals surface area contributed by atoms with Crippen molar-refractivity contribution in [3.63, 3.8) is 0 Å². The zero-order chi connectivity index (χ0) is 28.7. The molecule has 4 aromatic rings. The predicted molar refractivity (Wildman–Crippen MR) is 149 cm³/mol. The summed E-state index contributed by atoms with van der Waals surface area (Å²) in [5.41, 5.74) is 2.89. The van der Waals surface area contributed by atoms with Crippen LogP contribution in [-0.2, 0) is 11.0 Å². The number of hydrogen-bond donors (Lipinski definition) is 2. The van der Waals surface area contributed by atoms with E-state index in [1.807, 2.05) is 77.2 Å². The van der Waals surface area contributed by atoms with Crippen LogP contribution in [0.1, 0.15) is 65.6 Å². The third-order valence-corrected chi connectivity index (χ3v) is 8.17. The molecule has 0 spiro atoms. The molecule has 1 saturated heterocycles. The number of nitrogens with zero attached hydrogens (tertiary/aromatic N) is 4. The van der Waals surface area contributed by atoms with Crippen LogP contribution in [0.2, 0.25) is 0 Å². The van der Waals surface area contributed by atoms with Crippen LogP contribution in [0.25, 0.3) is 0 Å². The summed E-state index contributed by atoms with van der Waals surface area (Å²) in [7, 11) is 0. The van der Waals surface area contributed by atoms with Crippen molar-refractivity contribution in [2.24, 2.45) is 0 Å². The number of carbonyl (C=O) groups excluding carboxylic acids is 1. The maximum absolute atomic E-state index is 13.3. The molecular weight excluding hydrogens is 531 g/mol. The maximum Gasteiger partial charge on any atom is 0.416 e. The van der Waals surface area contributed by atoms with Crippen molar-refractivity contribution in [3.05, 3.63) is 107 Å². The molecule has 1 amide bonds. The number of pyridine rings is 1. The van der Waals surface area contributed by atoms with Gasteiger partial charge in [0.1, 0.15) is 23.8 Å². The number of alkyl halides is 3. The highest BCUT2D eigenvalue weighted by molar-refractivity contribution is 5.97. The number of anilines is 2. The van der Waals surface area contributed by atoms with E-state index in [4.69, 9.17) is 5.10 Å². The lowest BCUT2D eigenvalue weighted by atomic mass is 9.84. The summed E-state index contributed by atoms with van der Waals surface area (Å²) in [4.78, 5) is 18.9. The third-order valence-electron chi connectivity index (χ3n) is 8.17. The van der Waals surface area contributed by atoms with Crippen LogP contribution in [0.4, 0.5) is 24.8 Å². The third kappa shape index (κ3) is 5.08. The van der Waals surface area contributed by atoms with Gasteiger partial charge in [0.2, 0.25) is 0 Å². The fourth-order valence-electron chi connectivity index (χ4n) is 6.00. The Morgan fingerprint density at radius 2 is 1.59 bits per heavy atom. The molecule has 2 aliphatic heterocycles. The van der Waals surface area contributed by atoms with E-state index in [1.54, 1.807) is 0 Å². The molecule has 10 heteroatoms. The lowest BCUT2D eigenvalue weighted by molar-refractivity contribution is -0.137. The van der Waals surface area contributed by atoms with E-state index < -0.39 is 29.7 Å². The number of halogens is 3. The Kier molecular flexibility index (Phi) is 7.03. The van der Waals surface area contributed by atoms with Gasteiger partial charge >= 0.3 is 6.18 Å². The number of aromatic nitrogens is 3. The molecule has 0 unspecified atom stereocenters. The number of carbonyl (C=O) groups is 1. The standard InChI is InChI=1S/C31H30F3N5O2/c1-19-25-26(20-13-16-38(17-14-20)24-18-23(12-15-35-24)31(32,33)34)37-39(29(25)36-30(41)28(19)40)27(21-8-4-2-5-9-21)22-10-6-3-7-11-22/h2-12,15,18-20,27-28,40H,13-14,16-17H2,1H3,(H,36,41)/t19-,28-/m0/s1. The fourth-order valence-corrected chi connectivity index (χ4v) is 6.00. The molecule has 6 rings (SSSR count). The second-order valence-corrected chi connectivity index (χ2v) is 10.7. The van der Waals surface area contributed by atoms with E-state index in [2.05, 4.69) is 10.3 Å². The van der Waals surface area contributed by atoms with Gasteiger partial charge in [-0.1, -0.05) is 67.6 Å². The largest absolute Gasteiger partial charge is 0.416 e. The summed E-state index contributed by atoms with van der Waals surface area (Å²) in [6.07, 6.45) is -3.17. The molecule has 2 aliphatic rings. The van der Waals surface area contributed by atoms with Gasteiger partial charge in [0.05, 0.1) is 11.3 Å². The molecule has 4 heterocycles. The topological polar surface area (TPSA) is 83.3 Å². The monoisotopic (exact) mass is 561 g/mol. The lowest BCUT2D eigenvalue weighted by Gasteiger charge is -2.33. The lowest BCUT2D eigenvalue weighted by Crippen LogP contribution is -2.38. The van der Waals surface area contributed by atoms with E-state index >= 15 is 0 Å². The van der Waals surface area contributed by atoms with Gasteiger partial charge in [0.15, 0.2) is 0 Å². The number of amides is 1. The first-order valence-corrected chi connectivity index (χ1v) is 13.7. The average molecular weight is 562 g/mol.